The lowest BCUT2D eigenvalue weighted by Crippen LogP contribution is -2.19. The van der Waals surface area contributed by atoms with Crippen LogP contribution in [0.3, 0.4) is 0 Å². The average Bonchev–Trinajstić information content (AvgIpc) is 2.62. The van der Waals surface area contributed by atoms with Gasteiger partial charge in [0.1, 0.15) is 0 Å². The Morgan fingerprint density at radius 1 is 1.07 bits per heavy atom. The average molecular weight is 389 g/mol. The number of para-hydroxylation sites is 1. The maximum Gasteiger partial charge on any atom is 0.337 e. The zero-order valence-corrected chi connectivity index (χ0v) is 16.8. The van der Waals surface area contributed by atoms with Crippen molar-refractivity contribution in [1.29, 1.82) is 0 Å². The predicted molar refractivity (Wildman–Crippen MR) is 110 cm³/mol. The van der Waals surface area contributed by atoms with E-state index < -0.39 is 5.97 Å². The van der Waals surface area contributed by atoms with Crippen molar-refractivity contribution in [2.45, 2.75) is 32.6 Å². The molecule has 0 radical (unpaired) electrons. The molecule has 144 valence electrons. The highest BCUT2D eigenvalue weighted by atomic mass is 35.5. The van der Waals surface area contributed by atoms with E-state index in [0.717, 1.165) is 5.69 Å². The number of hydrogen-bond donors (Lipinski definition) is 2. The van der Waals surface area contributed by atoms with Gasteiger partial charge in [-0.2, -0.15) is 0 Å². The van der Waals surface area contributed by atoms with Gasteiger partial charge >= 0.3 is 5.97 Å². The molecule has 0 heterocycles. The van der Waals surface area contributed by atoms with Crippen LogP contribution in [0.25, 0.3) is 0 Å². The van der Waals surface area contributed by atoms with Gasteiger partial charge < -0.3 is 15.4 Å². The fourth-order valence-corrected chi connectivity index (χ4v) is 2.85. The first-order valence-electron chi connectivity index (χ1n) is 8.73. The Bertz CT molecular complexity index is 828. The number of anilines is 2. The van der Waals surface area contributed by atoms with Crippen LogP contribution in [0.15, 0.2) is 42.5 Å². The minimum Gasteiger partial charge on any atom is -0.465 e. The van der Waals surface area contributed by atoms with E-state index in [-0.39, 0.29) is 17.7 Å². The molecule has 0 fully saturated rings. The van der Waals surface area contributed by atoms with Gasteiger partial charge in [0.05, 0.1) is 23.4 Å². The lowest BCUT2D eigenvalue weighted by molar-refractivity contribution is -0.115. The molecule has 2 rings (SSSR count). The van der Waals surface area contributed by atoms with Crippen LogP contribution >= 0.6 is 11.6 Å². The first-order valence-corrected chi connectivity index (χ1v) is 9.11. The van der Waals surface area contributed by atoms with E-state index in [2.05, 4.69) is 42.2 Å². The second kappa shape index (κ2) is 8.91. The number of esters is 1. The number of carbonyl (C=O) groups excluding carboxylic acids is 2. The van der Waals surface area contributed by atoms with Crippen molar-refractivity contribution >= 4 is 34.9 Å². The molecule has 6 heteroatoms. The largest absolute Gasteiger partial charge is 0.465 e. The second-order valence-corrected chi connectivity index (χ2v) is 7.61. The molecule has 5 nitrogen and oxygen atoms in total. The number of amides is 1. The van der Waals surface area contributed by atoms with Crippen molar-refractivity contribution < 1.29 is 14.3 Å². The fraction of sp³-hybridized carbons (Fsp3) is 0.333. The monoisotopic (exact) mass is 388 g/mol. The maximum atomic E-state index is 12.3. The molecule has 2 aromatic rings. The Kier molecular flexibility index (Phi) is 6.86. The number of benzene rings is 2. The van der Waals surface area contributed by atoms with Crippen LogP contribution in [0.2, 0.25) is 5.02 Å². The van der Waals surface area contributed by atoms with E-state index in [0.29, 0.717) is 22.8 Å². The third kappa shape index (κ3) is 5.73. The summed E-state index contributed by atoms with van der Waals surface area (Å²) in [5, 5.41) is 6.43. The van der Waals surface area contributed by atoms with E-state index in [1.165, 1.54) is 18.7 Å². The van der Waals surface area contributed by atoms with Crippen molar-refractivity contribution in [1.82, 2.24) is 0 Å². The fourth-order valence-electron chi connectivity index (χ4n) is 2.68. The van der Waals surface area contributed by atoms with Crippen LogP contribution in [0.5, 0.6) is 0 Å². The zero-order chi connectivity index (χ0) is 20.0. The molecular weight excluding hydrogens is 364 g/mol. The molecule has 0 aliphatic carbocycles. The Labute approximate surface area is 165 Å². The lowest BCUT2D eigenvalue weighted by Gasteiger charge is -2.23. The van der Waals surface area contributed by atoms with Gasteiger partial charge in [-0.05, 0) is 35.2 Å². The van der Waals surface area contributed by atoms with Gasteiger partial charge in [0.25, 0.3) is 0 Å². The molecule has 0 spiro atoms. The highest BCUT2D eigenvalue weighted by Crippen LogP contribution is 2.29. The van der Waals surface area contributed by atoms with E-state index in [1.54, 1.807) is 12.1 Å². The SMILES string of the molecule is COC(=O)c1ccc(Cl)c(NC(=O)CCNc2ccccc2C(C)(C)C)c1. The number of carbonyl (C=O) groups is 2. The van der Waals surface area contributed by atoms with Crippen molar-refractivity contribution in [2.24, 2.45) is 0 Å². The Morgan fingerprint density at radius 2 is 1.78 bits per heavy atom. The Hall–Kier alpha value is -2.53. The third-order valence-electron chi connectivity index (χ3n) is 4.06. The number of rotatable bonds is 6. The summed E-state index contributed by atoms with van der Waals surface area (Å²) in [7, 11) is 1.30. The van der Waals surface area contributed by atoms with Gasteiger partial charge in [0, 0.05) is 18.7 Å². The predicted octanol–water partition coefficient (Wildman–Crippen LogP) is 4.86. The second-order valence-electron chi connectivity index (χ2n) is 7.21. The molecule has 0 saturated heterocycles. The topological polar surface area (TPSA) is 67.4 Å². The molecule has 2 N–H and O–H groups in total. The molecule has 2 aromatic carbocycles. The van der Waals surface area contributed by atoms with Crippen LogP contribution in [-0.4, -0.2) is 25.5 Å². The molecule has 27 heavy (non-hydrogen) atoms. The number of halogens is 1. The highest BCUT2D eigenvalue weighted by Gasteiger charge is 2.17. The van der Waals surface area contributed by atoms with Gasteiger partial charge in [0.15, 0.2) is 0 Å². The van der Waals surface area contributed by atoms with Crippen molar-refractivity contribution in [3.63, 3.8) is 0 Å². The summed E-state index contributed by atoms with van der Waals surface area (Å²) in [6, 6.07) is 12.7. The van der Waals surface area contributed by atoms with Crippen molar-refractivity contribution in [3.8, 4) is 0 Å². The quantitative estimate of drug-likeness (QED) is 0.693. The summed E-state index contributed by atoms with van der Waals surface area (Å²) in [6.07, 6.45) is 0.261. The minimum atomic E-state index is -0.484. The Balaban J connectivity index is 1.97. The maximum absolute atomic E-state index is 12.3. The van der Waals surface area contributed by atoms with Gasteiger partial charge in [-0.25, -0.2) is 4.79 Å². The van der Waals surface area contributed by atoms with E-state index in [9.17, 15) is 9.59 Å². The van der Waals surface area contributed by atoms with Crippen molar-refractivity contribution in [2.75, 3.05) is 24.3 Å². The molecule has 1 amide bonds. The number of nitrogens with one attached hydrogen (secondary N) is 2. The van der Waals surface area contributed by atoms with Crippen LogP contribution in [0.4, 0.5) is 11.4 Å². The molecular formula is C21H25ClN2O3. The summed E-state index contributed by atoms with van der Waals surface area (Å²) in [4.78, 5) is 23.9. The molecule has 0 aliphatic rings. The summed E-state index contributed by atoms with van der Waals surface area (Å²) in [5.41, 5.74) is 2.94. The smallest absolute Gasteiger partial charge is 0.337 e. The molecule has 0 atom stereocenters. The third-order valence-corrected chi connectivity index (χ3v) is 4.39. The normalized spacial score (nSPS) is 11.0. The number of methoxy groups -OCH3 is 1. The van der Waals surface area contributed by atoms with Crippen LogP contribution < -0.4 is 10.6 Å². The zero-order valence-electron chi connectivity index (χ0n) is 16.1. The van der Waals surface area contributed by atoms with Crippen LogP contribution in [0, 0.1) is 0 Å². The lowest BCUT2D eigenvalue weighted by atomic mass is 9.86. The highest BCUT2D eigenvalue weighted by molar-refractivity contribution is 6.33. The molecule has 0 unspecified atom stereocenters. The van der Waals surface area contributed by atoms with Crippen LogP contribution in [0.1, 0.15) is 43.1 Å². The number of ether oxygens (including phenoxy) is 1. The first kappa shape index (κ1) is 20.8. The van der Waals surface area contributed by atoms with Gasteiger partial charge in [-0.15, -0.1) is 0 Å². The Morgan fingerprint density at radius 3 is 2.44 bits per heavy atom. The van der Waals surface area contributed by atoms with Crippen molar-refractivity contribution in [3.05, 3.63) is 58.6 Å². The van der Waals surface area contributed by atoms with E-state index >= 15 is 0 Å². The molecule has 0 aliphatic heterocycles. The summed E-state index contributed by atoms with van der Waals surface area (Å²) < 4.78 is 4.68. The molecule has 0 aromatic heterocycles. The summed E-state index contributed by atoms with van der Waals surface area (Å²) in [5.74, 6) is -0.678. The van der Waals surface area contributed by atoms with Gasteiger partial charge in [-0.3, -0.25) is 4.79 Å². The van der Waals surface area contributed by atoms with E-state index in [4.69, 9.17) is 11.6 Å². The molecule has 0 bridgehead atoms. The van der Waals surface area contributed by atoms with Gasteiger partial charge in [0.2, 0.25) is 5.91 Å². The van der Waals surface area contributed by atoms with Crippen LogP contribution in [-0.2, 0) is 14.9 Å². The summed E-state index contributed by atoms with van der Waals surface area (Å²) >= 11 is 6.11. The standard InChI is InChI=1S/C21H25ClN2O3/c1-21(2,3)15-7-5-6-8-17(15)23-12-11-19(25)24-18-13-14(20(26)27-4)9-10-16(18)22/h5-10,13,23H,11-12H2,1-4H3,(H,24,25). The minimum absolute atomic E-state index is 0.00764. The van der Waals surface area contributed by atoms with Gasteiger partial charge in [-0.1, -0.05) is 50.6 Å². The molecule has 0 saturated carbocycles. The number of hydrogen-bond acceptors (Lipinski definition) is 4. The first-order chi connectivity index (χ1) is 12.7. The van der Waals surface area contributed by atoms with E-state index in [1.807, 2.05) is 18.2 Å². The summed E-state index contributed by atoms with van der Waals surface area (Å²) in [6.45, 7) is 6.93.